The van der Waals surface area contributed by atoms with E-state index in [1.807, 2.05) is 0 Å². The summed E-state index contributed by atoms with van der Waals surface area (Å²) < 4.78 is 32.7. The minimum atomic E-state index is -1.32. The number of carbonyl (C=O) groups is 1. The molecule has 0 spiro atoms. The molecule has 0 aliphatic carbocycles. The van der Waals surface area contributed by atoms with Crippen LogP contribution in [0.5, 0.6) is 0 Å². The van der Waals surface area contributed by atoms with Gasteiger partial charge in [0.1, 0.15) is 23.3 Å². The zero-order valence-electron chi connectivity index (χ0n) is 19.1. The van der Waals surface area contributed by atoms with E-state index in [1.165, 1.54) is 24.3 Å². The topological polar surface area (TPSA) is 53.0 Å². The number of nitrogens with zero attached hydrogens (tertiary/aromatic N) is 2. The summed E-state index contributed by atoms with van der Waals surface area (Å²) in [6, 6.07) is 11.9. The molecule has 0 bridgehead atoms. The van der Waals surface area contributed by atoms with E-state index in [1.54, 1.807) is 36.2 Å². The fourth-order valence-electron chi connectivity index (χ4n) is 5.09. The van der Waals surface area contributed by atoms with E-state index in [4.69, 9.17) is 4.74 Å². The van der Waals surface area contributed by atoms with Gasteiger partial charge in [0.2, 0.25) is 0 Å². The van der Waals surface area contributed by atoms with Crippen molar-refractivity contribution in [2.45, 2.75) is 43.8 Å². The number of amides is 1. The standard InChI is InChI=1S/C26H32F2N2O3/c1-29-15-2-3-24(33-25(29)31)14-18-30-16-12-21(13-17-30)26(32,19-4-8-22(27)9-5-19)20-6-10-23(28)11-7-20/h4-11,21,24,32H,2-3,12-18H2,1H3. The molecule has 2 aliphatic rings. The molecule has 0 aromatic heterocycles. The molecule has 2 aliphatic heterocycles. The minimum Gasteiger partial charge on any atom is -0.446 e. The van der Waals surface area contributed by atoms with Gasteiger partial charge in [0.25, 0.3) is 0 Å². The lowest BCUT2D eigenvalue weighted by atomic mass is 9.72. The first-order valence-electron chi connectivity index (χ1n) is 11.7. The number of hydrogen-bond acceptors (Lipinski definition) is 4. The maximum atomic E-state index is 13.6. The van der Waals surface area contributed by atoms with Crippen LogP contribution in [0.4, 0.5) is 13.6 Å². The number of hydrogen-bond donors (Lipinski definition) is 1. The van der Waals surface area contributed by atoms with Crippen LogP contribution in [-0.2, 0) is 10.3 Å². The number of carbonyl (C=O) groups excluding carboxylic acids is 1. The average Bonchev–Trinajstić information content (AvgIpc) is 2.98. The van der Waals surface area contributed by atoms with Crippen LogP contribution >= 0.6 is 0 Å². The van der Waals surface area contributed by atoms with E-state index in [9.17, 15) is 18.7 Å². The Morgan fingerprint density at radius 3 is 2.03 bits per heavy atom. The first-order chi connectivity index (χ1) is 15.9. The van der Waals surface area contributed by atoms with E-state index in [2.05, 4.69) is 4.90 Å². The van der Waals surface area contributed by atoms with E-state index < -0.39 is 5.60 Å². The third-order valence-corrected chi connectivity index (χ3v) is 7.11. The summed E-state index contributed by atoms with van der Waals surface area (Å²) in [6.07, 6.45) is 3.80. The number of aliphatic hydroxyl groups is 1. The van der Waals surface area contributed by atoms with E-state index in [0.29, 0.717) is 11.1 Å². The van der Waals surface area contributed by atoms with Crippen LogP contribution in [0, 0.1) is 17.6 Å². The fourth-order valence-corrected chi connectivity index (χ4v) is 5.09. The largest absolute Gasteiger partial charge is 0.446 e. The number of ether oxygens (including phenoxy) is 1. The highest BCUT2D eigenvalue weighted by Gasteiger charge is 2.41. The van der Waals surface area contributed by atoms with Gasteiger partial charge < -0.3 is 19.6 Å². The van der Waals surface area contributed by atoms with Crippen molar-refractivity contribution in [2.75, 3.05) is 33.2 Å². The molecule has 4 rings (SSSR count). The molecular weight excluding hydrogens is 426 g/mol. The first-order valence-corrected chi connectivity index (χ1v) is 11.7. The van der Waals surface area contributed by atoms with Gasteiger partial charge in [0.15, 0.2) is 0 Å². The highest BCUT2D eigenvalue weighted by atomic mass is 19.1. The van der Waals surface area contributed by atoms with Crippen molar-refractivity contribution in [3.8, 4) is 0 Å². The van der Waals surface area contributed by atoms with Crippen molar-refractivity contribution in [3.63, 3.8) is 0 Å². The summed E-state index contributed by atoms with van der Waals surface area (Å²) in [5.74, 6) is -0.810. The highest BCUT2D eigenvalue weighted by Crippen LogP contribution is 2.42. The second kappa shape index (κ2) is 10.2. The monoisotopic (exact) mass is 458 g/mol. The highest BCUT2D eigenvalue weighted by molar-refractivity contribution is 5.67. The number of rotatable bonds is 6. The lowest BCUT2D eigenvalue weighted by molar-refractivity contribution is -0.0162. The molecule has 33 heavy (non-hydrogen) atoms. The number of likely N-dealkylation sites (tertiary alicyclic amines) is 1. The summed E-state index contributed by atoms with van der Waals surface area (Å²) >= 11 is 0. The third kappa shape index (κ3) is 5.36. The van der Waals surface area contributed by atoms with Crippen molar-refractivity contribution < 1.29 is 23.4 Å². The number of halogens is 2. The molecule has 0 radical (unpaired) electrons. The zero-order valence-corrected chi connectivity index (χ0v) is 19.1. The molecule has 2 aromatic carbocycles. The van der Waals surface area contributed by atoms with Crippen LogP contribution in [0.3, 0.4) is 0 Å². The molecule has 1 atom stereocenters. The number of piperidine rings is 1. The lowest BCUT2D eigenvalue weighted by Crippen LogP contribution is -2.45. The molecule has 2 heterocycles. The van der Waals surface area contributed by atoms with Crippen LogP contribution < -0.4 is 0 Å². The van der Waals surface area contributed by atoms with Crippen molar-refractivity contribution in [1.29, 1.82) is 0 Å². The summed E-state index contributed by atoms with van der Waals surface area (Å²) in [7, 11) is 1.76. The zero-order chi connectivity index (χ0) is 23.4. The molecule has 0 saturated carbocycles. The number of benzene rings is 2. The van der Waals surface area contributed by atoms with Gasteiger partial charge in [-0.3, -0.25) is 0 Å². The molecule has 2 aromatic rings. The van der Waals surface area contributed by atoms with Crippen molar-refractivity contribution in [2.24, 2.45) is 5.92 Å². The Kier molecular flexibility index (Phi) is 7.29. The van der Waals surface area contributed by atoms with E-state index >= 15 is 0 Å². The molecule has 1 amide bonds. The van der Waals surface area contributed by atoms with Gasteiger partial charge in [0, 0.05) is 20.1 Å². The van der Waals surface area contributed by atoms with E-state index in [0.717, 1.165) is 58.3 Å². The maximum Gasteiger partial charge on any atom is 0.409 e. The Morgan fingerprint density at radius 1 is 0.939 bits per heavy atom. The molecule has 2 fully saturated rings. The first kappa shape index (κ1) is 23.6. The Labute approximate surface area is 194 Å². The quantitative estimate of drug-likeness (QED) is 0.691. The Balaban J connectivity index is 1.42. The molecule has 1 unspecified atom stereocenters. The Hall–Kier alpha value is -2.51. The summed E-state index contributed by atoms with van der Waals surface area (Å²) in [5.41, 5.74) is -0.0959. The van der Waals surface area contributed by atoms with Crippen molar-refractivity contribution in [3.05, 3.63) is 71.3 Å². The molecular formula is C26H32F2N2O3. The second-order valence-corrected chi connectivity index (χ2v) is 9.25. The summed E-state index contributed by atoms with van der Waals surface area (Å²) in [5, 5.41) is 11.9. The molecule has 5 nitrogen and oxygen atoms in total. The van der Waals surface area contributed by atoms with Gasteiger partial charge in [0.05, 0.1) is 0 Å². The summed E-state index contributed by atoms with van der Waals surface area (Å²) in [6.45, 7) is 3.16. The van der Waals surface area contributed by atoms with Crippen LogP contribution in [-0.4, -0.2) is 60.3 Å². The van der Waals surface area contributed by atoms with Crippen LogP contribution in [0.1, 0.15) is 43.2 Å². The van der Waals surface area contributed by atoms with Gasteiger partial charge in [-0.05, 0) is 86.5 Å². The van der Waals surface area contributed by atoms with Gasteiger partial charge in [-0.25, -0.2) is 13.6 Å². The van der Waals surface area contributed by atoms with Gasteiger partial charge in [-0.1, -0.05) is 24.3 Å². The molecule has 2 saturated heterocycles. The Bertz CT molecular complexity index is 882. The predicted molar refractivity (Wildman–Crippen MR) is 122 cm³/mol. The van der Waals surface area contributed by atoms with Crippen molar-refractivity contribution >= 4 is 6.09 Å². The van der Waals surface area contributed by atoms with Crippen molar-refractivity contribution in [1.82, 2.24) is 9.80 Å². The van der Waals surface area contributed by atoms with Crippen LogP contribution in [0.2, 0.25) is 0 Å². The van der Waals surface area contributed by atoms with Crippen LogP contribution in [0.15, 0.2) is 48.5 Å². The number of cyclic esters (lactones) is 1. The molecule has 1 N–H and O–H groups in total. The second-order valence-electron chi connectivity index (χ2n) is 9.25. The normalized spacial score (nSPS) is 21.0. The van der Waals surface area contributed by atoms with Gasteiger partial charge >= 0.3 is 6.09 Å². The molecule has 7 heteroatoms. The lowest BCUT2D eigenvalue weighted by Gasteiger charge is -2.42. The van der Waals surface area contributed by atoms with Crippen LogP contribution in [0.25, 0.3) is 0 Å². The van der Waals surface area contributed by atoms with Gasteiger partial charge in [-0.2, -0.15) is 0 Å². The van der Waals surface area contributed by atoms with E-state index in [-0.39, 0.29) is 29.7 Å². The maximum absolute atomic E-state index is 13.6. The minimum absolute atomic E-state index is 0.0597. The smallest absolute Gasteiger partial charge is 0.409 e. The molecule has 178 valence electrons. The SMILES string of the molecule is CN1CCCC(CCN2CCC(C(O)(c3ccc(F)cc3)c3ccc(F)cc3)CC2)OC1=O. The third-order valence-electron chi connectivity index (χ3n) is 7.11. The van der Waals surface area contributed by atoms with Gasteiger partial charge in [-0.15, -0.1) is 0 Å². The Morgan fingerprint density at radius 2 is 1.48 bits per heavy atom. The average molecular weight is 459 g/mol. The fraction of sp³-hybridized carbons (Fsp3) is 0.500. The predicted octanol–water partition coefficient (Wildman–Crippen LogP) is 4.53. The summed E-state index contributed by atoms with van der Waals surface area (Å²) in [4.78, 5) is 15.9.